The van der Waals surface area contributed by atoms with Gasteiger partial charge in [0.25, 0.3) is 0 Å². The molecule has 0 N–H and O–H groups in total. The van der Waals surface area contributed by atoms with Crippen LogP contribution in [-0.4, -0.2) is 9.97 Å². The Morgan fingerprint density at radius 1 is 0.615 bits per heavy atom. The van der Waals surface area contributed by atoms with Gasteiger partial charge >= 0.3 is 0 Å². The summed E-state index contributed by atoms with van der Waals surface area (Å²) in [5.74, 6) is 0. The standard InChI is InChI=1S/C24H18N2/c1-15-11-16(2)13-17(12-15)23-22-20-9-5-3-7-18(20)19-8-4-6-10-21(19)24(22)26-14-25-23/h3-14H,1-2H3. The van der Waals surface area contributed by atoms with Gasteiger partial charge in [-0.2, -0.15) is 0 Å². The molecular formula is C24H18N2. The fourth-order valence-corrected chi connectivity index (χ4v) is 4.04. The van der Waals surface area contributed by atoms with Gasteiger partial charge in [0.15, 0.2) is 0 Å². The van der Waals surface area contributed by atoms with E-state index in [-0.39, 0.29) is 0 Å². The van der Waals surface area contributed by atoms with Crippen molar-refractivity contribution in [2.75, 3.05) is 0 Å². The summed E-state index contributed by atoms with van der Waals surface area (Å²) in [6.45, 7) is 4.26. The number of hydrogen-bond donors (Lipinski definition) is 0. The molecule has 0 amide bonds. The number of rotatable bonds is 1. The first kappa shape index (κ1) is 15.0. The molecule has 0 saturated carbocycles. The average Bonchev–Trinajstić information content (AvgIpc) is 2.67. The summed E-state index contributed by atoms with van der Waals surface area (Å²) >= 11 is 0. The molecular weight excluding hydrogens is 316 g/mol. The van der Waals surface area contributed by atoms with Crippen LogP contribution < -0.4 is 0 Å². The lowest BCUT2D eigenvalue weighted by Gasteiger charge is -2.13. The van der Waals surface area contributed by atoms with Crippen molar-refractivity contribution in [1.29, 1.82) is 0 Å². The van der Waals surface area contributed by atoms with Crippen LogP contribution in [0.25, 0.3) is 43.7 Å². The Hall–Kier alpha value is -3.26. The minimum atomic E-state index is 1.00. The fourth-order valence-electron chi connectivity index (χ4n) is 4.04. The van der Waals surface area contributed by atoms with Crippen LogP contribution >= 0.6 is 0 Å². The van der Waals surface area contributed by atoms with Crippen LogP contribution in [0.5, 0.6) is 0 Å². The number of aryl methyl sites for hydroxylation is 2. The number of hydrogen-bond acceptors (Lipinski definition) is 2. The van der Waals surface area contributed by atoms with Gasteiger partial charge in [-0.05, 0) is 42.1 Å². The largest absolute Gasteiger partial charge is 0.236 e. The highest BCUT2D eigenvalue weighted by atomic mass is 14.8. The Balaban J connectivity index is 2.04. The monoisotopic (exact) mass is 334 g/mol. The highest BCUT2D eigenvalue weighted by Gasteiger charge is 2.14. The van der Waals surface area contributed by atoms with Crippen LogP contribution in [0.2, 0.25) is 0 Å². The summed E-state index contributed by atoms with van der Waals surface area (Å²) < 4.78 is 0. The van der Waals surface area contributed by atoms with Crippen molar-refractivity contribution in [2.24, 2.45) is 0 Å². The van der Waals surface area contributed by atoms with Gasteiger partial charge in [-0.15, -0.1) is 0 Å². The van der Waals surface area contributed by atoms with Gasteiger partial charge in [-0.1, -0.05) is 65.7 Å². The predicted octanol–water partition coefficient (Wildman–Crippen LogP) is 6.22. The van der Waals surface area contributed by atoms with Crippen LogP contribution in [0.4, 0.5) is 0 Å². The van der Waals surface area contributed by atoms with E-state index < -0.39 is 0 Å². The maximum atomic E-state index is 4.71. The van der Waals surface area contributed by atoms with E-state index in [0.29, 0.717) is 0 Å². The molecule has 0 bridgehead atoms. The van der Waals surface area contributed by atoms with E-state index in [1.807, 2.05) is 0 Å². The molecule has 1 heterocycles. The lowest BCUT2D eigenvalue weighted by Crippen LogP contribution is -1.93. The lowest BCUT2D eigenvalue weighted by molar-refractivity contribution is 1.23. The third-order valence-electron chi connectivity index (χ3n) is 5.01. The molecule has 26 heavy (non-hydrogen) atoms. The molecule has 2 nitrogen and oxygen atoms in total. The summed E-state index contributed by atoms with van der Waals surface area (Å²) in [6.07, 6.45) is 1.69. The second-order valence-corrected chi connectivity index (χ2v) is 6.91. The van der Waals surface area contributed by atoms with E-state index in [1.54, 1.807) is 6.33 Å². The van der Waals surface area contributed by atoms with Crippen molar-refractivity contribution in [3.05, 3.63) is 84.2 Å². The number of aromatic nitrogens is 2. The van der Waals surface area contributed by atoms with Crippen molar-refractivity contribution in [3.8, 4) is 11.3 Å². The first-order valence-corrected chi connectivity index (χ1v) is 8.85. The zero-order valence-electron chi connectivity index (χ0n) is 14.8. The molecule has 1 aromatic heterocycles. The Morgan fingerprint density at radius 2 is 1.19 bits per heavy atom. The number of fused-ring (bicyclic) bond motifs is 6. The minimum absolute atomic E-state index is 1.00. The quantitative estimate of drug-likeness (QED) is 0.340. The highest BCUT2D eigenvalue weighted by molar-refractivity contribution is 6.26. The number of nitrogens with zero attached hydrogens (tertiary/aromatic N) is 2. The number of benzene rings is 4. The summed E-state index contributed by atoms with van der Waals surface area (Å²) in [5.41, 5.74) is 5.66. The van der Waals surface area contributed by atoms with Gasteiger partial charge in [0.2, 0.25) is 0 Å². The molecule has 0 spiro atoms. The van der Waals surface area contributed by atoms with Gasteiger partial charge in [-0.3, -0.25) is 0 Å². The van der Waals surface area contributed by atoms with E-state index in [0.717, 1.165) is 22.2 Å². The summed E-state index contributed by atoms with van der Waals surface area (Å²) in [5, 5.41) is 5.99. The van der Waals surface area contributed by atoms with Crippen LogP contribution in [0.1, 0.15) is 11.1 Å². The molecule has 4 aromatic carbocycles. The van der Waals surface area contributed by atoms with E-state index in [1.165, 1.54) is 32.7 Å². The SMILES string of the molecule is Cc1cc(C)cc(-c2ncnc3c4ccccc4c4ccccc4c23)c1. The molecule has 0 radical (unpaired) electrons. The molecule has 5 rings (SSSR count). The summed E-state index contributed by atoms with van der Waals surface area (Å²) in [7, 11) is 0. The van der Waals surface area contributed by atoms with Crippen LogP contribution in [0.15, 0.2) is 73.1 Å². The van der Waals surface area contributed by atoms with Crippen molar-refractivity contribution in [1.82, 2.24) is 9.97 Å². The third kappa shape index (κ3) is 2.19. The van der Waals surface area contributed by atoms with Crippen molar-refractivity contribution in [3.63, 3.8) is 0 Å². The van der Waals surface area contributed by atoms with E-state index in [2.05, 4.69) is 85.6 Å². The topological polar surface area (TPSA) is 25.8 Å². The molecule has 0 saturated heterocycles. The van der Waals surface area contributed by atoms with E-state index in [9.17, 15) is 0 Å². The Bertz CT molecular complexity index is 1240. The highest BCUT2D eigenvalue weighted by Crippen LogP contribution is 2.38. The Morgan fingerprint density at radius 3 is 1.88 bits per heavy atom. The van der Waals surface area contributed by atoms with Crippen LogP contribution in [0.3, 0.4) is 0 Å². The van der Waals surface area contributed by atoms with Crippen molar-refractivity contribution >= 4 is 32.4 Å². The Labute approximate surface area is 152 Å². The third-order valence-corrected chi connectivity index (χ3v) is 5.01. The zero-order chi connectivity index (χ0) is 17.7. The Kier molecular flexibility index (Phi) is 3.26. The van der Waals surface area contributed by atoms with Crippen LogP contribution in [-0.2, 0) is 0 Å². The molecule has 5 aromatic rings. The maximum Gasteiger partial charge on any atom is 0.116 e. The van der Waals surface area contributed by atoms with Crippen molar-refractivity contribution in [2.45, 2.75) is 13.8 Å². The van der Waals surface area contributed by atoms with E-state index >= 15 is 0 Å². The molecule has 2 heteroatoms. The molecule has 124 valence electrons. The van der Waals surface area contributed by atoms with Crippen LogP contribution in [0, 0.1) is 13.8 Å². The lowest BCUT2D eigenvalue weighted by atomic mass is 9.94. The first-order chi connectivity index (χ1) is 12.7. The molecule has 0 fully saturated rings. The minimum Gasteiger partial charge on any atom is -0.236 e. The zero-order valence-corrected chi connectivity index (χ0v) is 14.8. The summed E-state index contributed by atoms with van der Waals surface area (Å²) in [6, 6.07) is 23.7. The smallest absolute Gasteiger partial charge is 0.116 e. The summed E-state index contributed by atoms with van der Waals surface area (Å²) in [4.78, 5) is 9.38. The van der Waals surface area contributed by atoms with Crippen molar-refractivity contribution < 1.29 is 0 Å². The average molecular weight is 334 g/mol. The molecule has 0 atom stereocenters. The van der Waals surface area contributed by atoms with Gasteiger partial charge < -0.3 is 0 Å². The van der Waals surface area contributed by atoms with Gasteiger partial charge in [0.1, 0.15) is 6.33 Å². The normalized spacial score (nSPS) is 11.5. The fraction of sp³-hybridized carbons (Fsp3) is 0.0833. The van der Waals surface area contributed by atoms with E-state index in [4.69, 9.17) is 4.98 Å². The second kappa shape index (κ2) is 5.63. The van der Waals surface area contributed by atoms with Gasteiger partial charge in [-0.25, -0.2) is 9.97 Å². The first-order valence-electron chi connectivity index (χ1n) is 8.85. The molecule has 0 aliphatic carbocycles. The molecule has 0 aliphatic rings. The maximum absolute atomic E-state index is 4.71. The molecule has 0 unspecified atom stereocenters. The predicted molar refractivity (Wildman–Crippen MR) is 109 cm³/mol. The van der Waals surface area contributed by atoms with Gasteiger partial charge in [0.05, 0.1) is 11.2 Å². The second-order valence-electron chi connectivity index (χ2n) is 6.91. The van der Waals surface area contributed by atoms with Gasteiger partial charge in [0, 0.05) is 16.3 Å². The molecule has 0 aliphatic heterocycles.